The van der Waals surface area contributed by atoms with Gasteiger partial charge in [0.15, 0.2) is 0 Å². The molecule has 128 valence electrons. The number of benzene rings is 1. The molecule has 6 amide bonds. The molecule has 3 rings (SSSR count). The Hall–Kier alpha value is -3.36. The van der Waals surface area contributed by atoms with Gasteiger partial charge in [-0.2, -0.15) is 4.90 Å². The lowest BCUT2D eigenvalue weighted by atomic mass is 10.1. The van der Waals surface area contributed by atoms with E-state index in [1.807, 2.05) is 0 Å². The summed E-state index contributed by atoms with van der Waals surface area (Å²) in [4.78, 5) is 63.3. The first-order chi connectivity index (χ1) is 11.8. The van der Waals surface area contributed by atoms with Crippen LogP contribution in [0, 0.1) is 0 Å². The molecule has 1 aromatic rings. The number of carbonyl (C=O) groups is 5. The molecule has 0 radical (unpaired) electrons. The number of rotatable bonds is 1. The largest absolute Gasteiger partial charge is 0.445 e. The number of urea groups is 1. The van der Waals surface area contributed by atoms with Crippen LogP contribution in [-0.4, -0.2) is 70.0 Å². The highest BCUT2D eigenvalue weighted by Gasteiger charge is 2.53. The van der Waals surface area contributed by atoms with Crippen LogP contribution in [0.3, 0.4) is 0 Å². The molecular formula is C16H15N4O5+. The lowest BCUT2D eigenvalue weighted by Gasteiger charge is -2.30. The minimum atomic E-state index is -1.43. The van der Waals surface area contributed by atoms with Gasteiger partial charge in [-0.05, 0) is 12.1 Å². The molecule has 0 aliphatic carbocycles. The summed E-state index contributed by atoms with van der Waals surface area (Å²) < 4.78 is 1.04. The number of amides is 6. The average Bonchev–Trinajstić information content (AvgIpc) is 2.83. The van der Waals surface area contributed by atoms with Crippen LogP contribution < -0.4 is 5.32 Å². The van der Waals surface area contributed by atoms with Gasteiger partial charge in [-0.15, -0.1) is 0 Å². The third-order valence-corrected chi connectivity index (χ3v) is 4.15. The summed E-state index contributed by atoms with van der Waals surface area (Å²) in [5.74, 6) is -2.75. The molecule has 9 heteroatoms. The van der Waals surface area contributed by atoms with Crippen molar-refractivity contribution in [3.63, 3.8) is 0 Å². The van der Waals surface area contributed by atoms with Gasteiger partial charge in [0.05, 0.1) is 25.2 Å². The summed E-state index contributed by atoms with van der Waals surface area (Å²) in [5, 5.41) is 2.40. The molecule has 0 fully saturated rings. The van der Waals surface area contributed by atoms with Gasteiger partial charge in [0.1, 0.15) is 0 Å². The maximum atomic E-state index is 12.7. The highest BCUT2D eigenvalue weighted by molar-refractivity contribution is 6.27. The van der Waals surface area contributed by atoms with Gasteiger partial charge in [0.25, 0.3) is 17.7 Å². The van der Waals surface area contributed by atoms with E-state index in [9.17, 15) is 24.0 Å². The molecule has 0 saturated carbocycles. The fraction of sp³-hybridized carbons (Fsp3) is 0.250. The second kappa shape index (κ2) is 5.62. The third-order valence-electron chi connectivity index (χ3n) is 4.15. The summed E-state index contributed by atoms with van der Waals surface area (Å²) in [6.07, 6.45) is 0. The zero-order valence-electron chi connectivity index (χ0n) is 13.8. The summed E-state index contributed by atoms with van der Waals surface area (Å²) in [5.41, 5.74) is 0.342. The second-order valence-electron chi connectivity index (χ2n) is 5.73. The van der Waals surface area contributed by atoms with Crippen molar-refractivity contribution >= 4 is 35.5 Å². The van der Waals surface area contributed by atoms with E-state index in [2.05, 4.69) is 5.32 Å². The molecule has 25 heavy (non-hydrogen) atoms. The maximum absolute atomic E-state index is 12.7. The van der Waals surface area contributed by atoms with E-state index in [1.54, 1.807) is 12.1 Å². The first-order valence-electron chi connectivity index (χ1n) is 7.42. The Kier molecular flexibility index (Phi) is 3.71. The Morgan fingerprint density at radius 3 is 2.08 bits per heavy atom. The lowest BCUT2D eigenvalue weighted by Crippen LogP contribution is -2.66. The monoisotopic (exact) mass is 343 g/mol. The van der Waals surface area contributed by atoms with Gasteiger partial charge >= 0.3 is 11.9 Å². The van der Waals surface area contributed by atoms with Crippen molar-refractivity contribution in [2.45, 2.75) is 13.0 Å². The van der Waals surface area contributed by atoms with E-state index in [-0.39, 0.29) is 17.0 Å². The summed E-state index contributed by atoms with van der Waals surface area (Å²) in [6.45, 7) is 1.20. The molecule has 2 heterocycles. The normalized spacial score (nSPS) is 20.4. The molecule has 1 N–H and O–H groups in total. The number of fused-ring (bicyclic) bond motifs is 1. The van der Waals surface area contributed by atoms with Gasteiger partial charge < -0.3 is 0 Å². The van der Waals surface area contributed by atoms with Crippen LogP contribution in [0.15, 0.2) is 24.3 Å². The van der Waals surface area contributed by atoms with Crippen molar-refractivity contribution < 1.29 is 28.5 Å². The second-order valence-corrected chi connectivity index (χ2v) is 5.73. The number of hydrogen-bond acceptors (Lipinski definition) is 5. The fourth-order valence-electron chi connectivity index (χ4n) is 2.91. The predicted molar refractivity (Wildman–Crippen MR) is 83.9 cm³/mol. The van der Waals surface area contributed by atoms with Gasteiger partial charge in [0.2, 0.25) is 11.9 Å². The van der Waals surface area contributed by atoms with Crippen molar-refractivity contribution in [2.75, 3.05) is 14.1 Å². The predicted octanol–water partition coefficient (Wildman–Crippen LogP) is -0.580. The first-order valence-corrected chi connectivity index (χ1v) is 7.42. The molecule has 9 nitrogen and oxygen atoms in total. The number of nitrogens with one attached hydrogen (secondary N) is 1. The van der Waals surface area contributed by atoms with Crippen LogP contribution in [0.2, 0.25) is 0 Å². The smallest absolute Gasteiger partial charge is 0.269 e. The zero-order chi connectivity index (χ0) is 18.5. The number of hydrogen-bond donors (Lipinski definition) is 1. The van der Waals surface area contributed by atoms with E-state index in [4.69, 9.17) is 0 Å². The van der Waals surface area contributed by atoms with Crippen LogP contribution in [0.4, 0.5) is 4.79 Å². The summed E-state index contributed by atoms with van der Waals surface area (Å²) >= 11 is 0. The number of imide groups is 2. The highest BCUT2D eigenvalue weighted by Crippen LogP contribution is 2.26. The van der Waals surface area contributed by atoms with E-state index in [0.717, 1.165) is 14.4 Å². The average molecular weight is 343 g/mol. The minimum Gasteiger partial charge on any atom is -0.269 e. The zero-order valence-corrected chi connectivity index (χ0v) is 13.8. The Morgan fingerprint density at radius 1 is 1.08 bits per heavy atom. The minimum absolute atomic E-state index is 0.130. The van der Waals surface area contributed by atoms with Crippen LogP contribution in [0.1, 0.15) is 27.6 Å². The van der Waals surface area contributed by atoms with Crippen molar-refractivity contribution in [3.8, 4) is 0 Å². The highest BCUT2D eigenvalue weighted by atomic mass is 16.2. The van der Waals surface area contributed by atoms with Crippen LogP contribution >= 0.6 is 0 Å². The molecule has 0 spiro atoms. The van der Waals surface area contributed by atoms with E-state index < -0.39 is 35.7 Å². The topological polar surface area (TPSA) is 107 Å². The molecule has 1 aromatic carbocycles. The Balaban J connectivity index is 2.15. The number of carbonyl (C=O) groups excluding carboxylic acids is 5. The SMILES string of the molecule is CC(=O)NC1=[N+](C)C(=O)N(C)C(=O)C1N1C(=O)c2ccccc2C1=O. The van der Waals surface area contributed by atoms with E-state index >= 15 is 0 Å². The first kappa shape index (κ1) is 16.5. The van der Waals surface area contributed by atoms with Crippen molar-refractivity contribution in [1.29, 1.82) is 0 Å². The van der Waals surface area contributed by atoms with Gasteiger partial charge in [-0.25, -0.2) is 19.6 Å². The van der Waals surface area contributed by atoms with Crippen molar-refractivity contribution in [1.82, 2.24) is 15.1 Å². The van der Waals surface area contributed by atoms with Crippen molar-refractivity contribution in [3.05, 3.63) is 35.4 Å². The molecule has 1 unspecified atom stereocenters. The molecular weight excluding hydrogens is 328 g/mol. The third kappa shape index (κ3) is 2.32. The molecule has 0 aromatic heterocycles. The van der Waals surface area contributed by atoms with E-state index in [1.165, 1.54) is 33.2 Å². The van der Waals surface area contributed by atoms with Crippen LogP contribution in [0.5, 0.6) is 0 Å². The number of nitrogens with zero attached hydrogens (tertiary/aromatic N) is 3. The van der Waals surface area contributed by atoms with Gasteiger partial charge in [-0.1, -0.05) is 12.1 Å². The van der Waals surface area contributed by atoms with Crippen molar-refractivity contribution in [2.24, 2.45) is 0 Å². The number of likely N-dealkylation sites (N-methyl/N-ethyl adjacent to an activating group) is 1. The molecule has 0 bridgehead atoms. The van der Waals surface area contributed by atoms with Gasteiger partial charge in [0, 0.05) is 6.92 Å². The molecule has 0 saturated heterocycles. The quantitative estimate of drug-likeness (QED) is 0.542. The Bertz CT molecular complexity index is 853. The van der Waals surface area contributed by atoms with Gasteiger partial charge in [-0.3, -0.25) is 19.2 Å². The molecule has 2 aliphatic heterocycles. The standard InChI is InChI=1S/C16H14N4O5/c1-8(21)17-12-11(15(24)19(3)16(25)18(12)2)20-13(22)9-6-4-5-7-10(9)14(20)23/h4-7,11H,1-3H3/p+1. The van der Waals surface area contributed by atoms with Crippen LogP contribution in [-0.2, 0) is 9.59 Å². The molecule has 2 aliphatic rings. The Labute approximate surface area is 142 Å². The van der Waals surface area contributed by atoms with Crippen LogP contribution in [0.25, 0.3) is 0 Å². The molecule has 1 atom stereocenters. The summed E-state index contributed by atoms with van der Waals surface area (Å²) in [6, 6.07) is 4.08. The maximum Gasteiger partial charge on any atom is 0.445 e. The number of amidine groups is 1. The fourth-order valence-corrected chi connectivity index (χ4v) is 2.91. The lowest BCUT2D eigenvalue weighted by molar-refractivity contribution is -0.408. The Morgan fingerprint density at radius 2 is 1.60 bits per heavy atom. The summed E-state index contributed by atoms with van der Waals surface area (Å²) in [7, 11) is 2.60. The van der Waals surface area contributed by atoms with E-state index in [0.29, 0.717) is 0 Å².